The van der Waals surface area contributed by atoms with Crippen LogP contribution >= 0.6 is 0 Å². The van der Waals surface area contributed by atoms with Crippen LogP contribution in [0.5, 0.6) is 0 Å². The summed E-state index contributed by atoms with van der Waals surface area (Å²) in [6.45, 7) is 2.06. The van der Waals surface area contributed by atoms with Gasteiger partial charge in [-0.3, -0.25) is 0 Å². The van der Waals surface area contributed by atoms with E-state index < -0.39 is 0 Å². The van der Waals surface area contributed by atoms with E-state index in [2.05, 4.69) is 41.2 Å². The number of para-hydroxylation sites is 1. The average molecular weight is 352 g/mol. The number of rotatable bonds is 2. The third-order valence-electron chi connectivity index (χ3n) is 4.68. The monoisotopic (exact) mass is 352 g/mol. The first-order chi connectivity index (χ1) is 13.2. The van der Waals surface area contributed by atoms with E-state index >= 15 is 0 Å². The van der Waals surface area contributed by atoms with Crippen LogP contribution in [0.1, 0.15) is 5.56 Å². The second-order valence-corrected chi connectivity index (χ2v) is 6.53. The van der Waals surface area contributed by atoms with Crippen molar-refractivity contribution in [3.05, 3.63) is 72.6 Å². The smallest absolute Gasteiger partial charge is 0.165 e. The lowest BCUT2D eigenvalue weighted by atomic mass is 10.00. The molecule has 0 unspecified atom stereocenters. The van der Waals surface area contributed by atoms with Crippen LogP contribution in [-0.2, 0) is 0 Å². The zero-order chi connectivity index (χ0) is 18.4. The average Bonchev–Trinajstić information content (AvgIpc) is 3.12. The van der Waals surface area contributed by atoms with E-state index in [1.807, 2.05) is 36.4 Å². The molecule has 0 atom stereocenters. The number of hydrogen-bond donors (Lipinski definition) is 1. The molecule has 130 valence electrons. The van der Waals surface area contributed by atoms with Crippen LogP contribution in [0.3, 0.4) is 0 Å². The van der Waals surface area contributed by atoms with Gasteiger partial charge in [-0.25, -0.2) is 15.0 Å². The van der Waals surface area contributed by atoms with Crippen molar-refractivity contribution < 1.29 is 4.42 Å². The van der Waals surface area contributed by atoms with Gasteiger partial charge < -0.3 is 10.2 Å². The van der Waals surface area contributed by atoms with Gasteiger partial charge in [-0.05, 0) is 30.7 Å². The third-order valence-corrected chi connectivity index (χ3v) is 4.68. The SMILES string of the molecule is Cc1ccc(-c2cc3c(N)ncnc3nc2-c2cc3ccccc3o2)cc1. The van der Waals surface area contributed by atoms with E-state index in [-0.39, 0.29) is 0 Å². The summed E-state index contributed by atoms with van der Waals surface area (Å²) in [6.07, 6.45) is 1.43. The molecule has 5 nitrogen and oxygen atoms in total. The van der Waals surface area contributed by atoms with Gasteiger partial charge in [0.05, 0.1) is 5.39 Å². The van der Waals surface area contributed by atoms with Crippen molar-refractivity contribution in [3.63, 3.8) is 0 Å². The predicted molar refractivity (Wildman–Crippen MR) is 107 cm³/mol. The largest absolute Gasteiger partial charge is 0.454 e. The van der Waals surface area contributed by atoms with Crippen LogP contribution < -0.4 is 5.73 Å². The fourth-order valence-electron chi connectivity index (χ4n) is 3.25. The quantitative estimate of drug-likeness (QED) is 0.484. The Bertz CT molecular complexity index is 1260. The molecule has 3 heterocycles. The van der Waals surface area contributed by atoms with Gasteiger partial charge in [-0.15, -0.1) is 0 Å². The minimum atomic E-state index is 0.414. The number of furan rings is 1. The second kappa shape index (κ2) is 5.92. The molecule has 5 aromatic rings. The number of hydrogen-bond acceptors (Lipinski definition) is 5. The highest BCUT2D eigenvalue weighted by atomic mass is 16.3. The molecule has 2 aromatic carbocycles. The summed E-state index contributed by atoms with van der Waals surface area (Å²) in [5.41, 5.74) is 11.3. The van der Waals surface area contributed by atoms with E-state index in [4.69, 9.17) is 15.1 Å². The molecule has 0 aliphatic carbocycles. The lowest BCUT2D eigenvalue weighted by Gasteiger charge is -2.10. The van der Waals surface area contributed by atoms with Crippen molar-refractivity contribution >= 4 is 27.8 Å². The summed E-state index contributed by atoms with van der Waals surface area (Å²) in [5, 5.41) is 1.76. The van der Waals surface area contributed by atoms with Gasteiger partial charge >= 0.3 is 0 Å². The Morgan fingerprint density at radius 2 is 1.74 bits per heavy atom. The van der Waals surface area contributed by atoms with E-state index in [1.54, 1.807) is 0 Å². The molecule has 3 aromatic heterocycles. The maximum atomic E-state index is 6.08. The van der Waals surface area contributed by atoms with Crippen LogP contribution in [0.2, 0.25) is 0 Å². The fourth-order valence-corrected chi connectivity index (χ4v) is 3.25. The fraction of sp³-hybridized carbons (Fsp3) is 0.0455. The topological polar surface area (TPSA) is 77.8 Å². The second-order valence-electron chi connectivity index (χ2n) is 6.53. The first-order valence-electron chi connectivity index (χ1n) is 8.66. The Morgan fingerprint density at radius 3 is 2.56 bits per heavy atom. The number of benzene rings is 2. The van der Waals surface area contributed by atoms with Crippen molar-refractivity contribution in [3.8, 4) is 22.6 Å². The maximum absolute atomic E-state index is 6.08. The van der Waals surface area contributed by atoms with Gasteiger partial charge in [0.25, 0.3) is 0 Å². The van der Waals surface area contributed by atoms with Gasteiger partial charge in [0, 0.05) is 10.9 Å². The van der Waals surface area contributed by atoms with Crippen molar-refractivity contribution in [2.45, 2.75) is 6.92 Å². The minimum Gasteiger partial charge on any atom is -0.454 e. The summed E-state index contributed by atoms with van der Waals surface area (Å²) < 4.78 is 6.08. The first-order valence-corrected chi connectivity index (χ1v) is 8.66. The van der Waals surface area contributed by atoms with Gasteiger partial charge in [0.2, 0.25) is 0 Å². The number of nitrogen functional groups attached to an aromatic ring is 1. The zero-order valence-corrected chi connectivity index (χ0v) is 14.7. The standard InChI is InChI=1S/C22H16N4O/c1-13-6-8-14(9-7-13)16-11-17-21(23)24-12-25-22(17)26-20(16)19-10-15-4-2-3-5-18(15)27-19/h2-12H,1H3,(H2,23,24,25,26). The van der Waals surface area contributed by atoms with Crippen LogP contribution in [0.4, 0.5) is 5.82 Å². The number of anilines is 1. The molecule has 0 saturated carbocycles. The van der Waals surface area contributed by atoms with Crippen molar-refractivity contribution in [1.82, 2.24) is 15.0 Å². The summed E-state index contributed by atoms with van der Waals surface area (Å²) in [4.78, 5) is 13.2. The lowest BCUT2D eigenvalue weighted by molar-refractivity contribution is 0.629. The summed E-state index contributed by atoms with van der Waals surface area (Å²) >= 11 is 0. The molecule has 5 rings (SSSR count). The van der Waals surface area contributed by atoms with Gasteiger partial charge in [-0.1, -0.05) is 48.0 Å². The number of aryl methyl sites for hydroxylation is 1. The predicted octanol–water partition coefficient (Wildman–Crippen LogP) is 5.00. The number of nitrogens with zero attached hydrogens (tertiary/aromatic N) is 3. The Balaban J connectivity index is 1.83. The number of aromatic nitrogens is 3. The van der Waals surface area contributed by atoms with Crippen LogP contribution in [0, 0.1) is 6.92 Å². The molecule has 2 N–H and O–H groups in total. The zero-order valence-electron chi connectivity index (χ0n) is 14.7. The lowest BCUT2D eigenvalue weighted by Crippen LogP contribution is -1.98. The highest BCUT2D eigenvalue weighted by molar-refractivity contribution is 5.95. The molecule has 0 bridgehead atoms. The molecule has 0 aliphatic heterocycles. The van der Waals surface area contributed by atoms with Crippen LogP contribution in [0.15, 0.2) is 71.4 Å². The molecule has 27 heavy (non-hydrogen) atoms. The highest BCUT2D eigenvalue weighted by Gasteiger charge is 2.17. The van der Waals surface area contributed by atoms with Crippen molar-refractivity contribution in [1.29, 1.82) is 0 Å². The van der Waals surface area contributed by atoms with Gasteiger partial charge in [0.1, 0.15) is 23.4 Å². The molecule has 0 aliphatic rings. The van der Waals surface area contributed by atoms with E-state index in [0.29, 0.717) is 17.2 Å². The molecular formula is C22H16N4O. The maximum Gasteiger partial charge on any atom is 0.165 e. The van der Waals surface area contributed by atoms with Crippen LogP contribution in [-0.4, -0.2) is 15.0 Å². The van der Waals surface area contributed by atoms with E-state index in [1.165, 1.54) is 11.9 Å². The first kappa shape index (κ1) is 15.5. The van der Waals surface area contributed by atoms with E-state index in [9.17, 15) is 0 Å². The summed E-state index contributed by atoms with van der Waals surface area (Å²) in [5.74, 6) is 1.11. The molecule has 0 saturated heterocycles. The highest BCUT2D eigenvalue weighted by Crippen LogP contribution is 2.36. The number of nitrogens with two attached hydrogens (primary N) is 1. The molecular weight excluding hydrogens is 336 g/mol. The van der Waals surface area contributed by atoms with Crippen molar-refractivity contribution in [2.24, 2.45) is 0 Å². The number of fused-ring (bicyclic) bond motifs is 2. The Morgan fingerprint density at radius 1 is 0.926 bits per heavy atom. The normalized spacial score (nSPS) is 11.3. The van der Waals surface area contributed by atoms with Crippen molar-refractivity contribution in [2.75, 3.05) is 5.73 Å². The minimum absolute atomic E-state index is 0.414. The van der Waals surface area contributed by atoms with Crippen LogP contribution in [0.25, 0.3) is 44.6 Å². The molecule has 0 amide bonds. The Kier molecular flexibility index (Phi) is 3.40. The summed E-state index contributed by atoms with van der Waals surface area (Å²) in [6, 6.07) is 20.2. The third kappa shape index (κ3) is 2.60. The Labute approximate surface area is 155 Å². The summed E-state index contributed by atoms with van der Waals surface area (Å²) in [7, 11) is 0. The molecule has 0 fully saturated rings. The van der Waals surface area contributed by atoms with E-state index in [0.717, 1.165) is 33.2 Å². The van der Waals surface area contributed by atoms with Gasteiger partial charge in [-0.2, -0.15) is 0 Å². The number of pyridine rings is 1. The Hall–Kier alpha value is -3.73. The van der Waals surface area contributed by atoms with Gasteiger partial charge in [0.15, 0.2) is 11.4 Å². The molecule has 5 heteroatoms. The molecule has 0 radical (unpaired) electrons. The molecule has 0 spiro atoms.